The predicted octanol–water partition coefficient (Wildman–Crippen LogP) is 2.83. The summed E-state index contributed by atoms with van der Waals surface area (Å²) >= 11 is 0. The molecule has 0 unspecified atom stereocenters. The number of aryl methyl sites for hydroxylation is 1. The summed E-state index contributed by atoms with van der Waals surface area (Å²) in [7, 11) is 0. The van der Waals surface area contributed by atoms with Gasteiger partial charge in [0.1, 0.15) is 11.5 Å². The standard InChI is InChI=1S/C16H15N5O2/c1-12-17-18-15-6-7-16(19-21(12)15)20(10-13-4-2-8-22-13)11-14-5-3-9-23-14/h2-9H,10-11H2,1H3. The van der Waals surface area contributed by atoms with Gasteiger partial charge in [0.2, 0.25) is 0 Å². The van der Waals surface area contributed by atoms with Gasteiger partial charge in [0.05, 0.1) is 25.6 Å². The number of hydrogen-bond donors (Lipinski definition) is 0. The molecular formula is C16H15N5O2. The van der Waals surface area contributed by atoms with Gasteiger partial charge >= 0.3 is 0 Å². The van der Waals surface area contributed by atoms with Crippen LogP contribution in [0.4, 0.5) is 5.82 Å². The lowest BCUT2D eigenvalue weighted by molar-refractivity contribution is 0.474. The quantitative estimate of drug-likeness (QED) is 0.564. The fourth-order valence-electron chi connectivity index (χ4n) is 2.45. The summed E-state index contributed by atoms with van der Waals surface area (Å²) in [5, 5.41) is 12.7. The molecule has 0 saturated heterocycles. The molecule has 0 aliphatic carbocycles. The normalized spacial score (nSPS) is 11.2. The number of nitrogens with zero attached hydrogens (tertiary/aromatic N) is 5. The Bertz CT molecular complexity index is 860. The fourth-order valence-corrected chi connectivity index (χ4v) is 2.45. The number of hydrogen-bond acceptors (Lipinski definition) is 6. The highest BCUT2D eigenvalue weighted by atomic mass is 16.3. The van der Waals surface area contributed by atoms with Crippen LogP contribution < -0.4 is 4.90 Å². The minimum atomic E-state index is 0.591. The molecule has 0 amide bonds. The minimum Gasteiger partial charge on any atom is -0.467 e. The first-order valence-corrected chi connectivity index (χ1v) is 7.28. The van der Waals surface area contributed by atoms with Gasteiger partial charge in [-0.2, -0.15) is 4.52 Å². The van der Waals surface area contributed by atoms with Crippen molar-refractivity contribution in [1.29, 1.82) is 0 Å². The lowest BCUT2D eigenvalue weighted by Gasteiger charge is -2.21. The molecule has 23 heavy (non-hydrogen) atoms. The van der Waals surface area contributed by atoms with E-state index in [0.717, 1.165) is 28.8 Å². The van der Waals surface area contributed by atoms with Crippen LogP contribution >= 0.6 is 0 Å². The van der Waals surface area contributed by atoms with Crippen LogP contribution in [0.25, 0.3) is 5.65 Å². The zero-order chi connectivity index (χ0) is 15.6. The molecule has 4 aromatic rings. The van der Waals surface area contributed by atoms with Gasteiger partial charge < -0.3 is 13.7 Å². The van der Waals surface area contributed by atoms with Crippen molar-refractivity contribution in [2.75, 3.05) is 4.90 Å². The minimum absolute atomic E-state index is 0.591. The molecule has 0 N–H and O–H groups in total. The molecule has 116 valence electrons. The Morgan fingerprint density at radius 1 is 0.957 bits per heavy atom. The lowest BCUT2D eigenvalue weighted by atomic mass is 10.3. The first-order valence-electron chi connectivity index (χ1n) is 7.28. The van der Waals surface area contributed by atoms with Gasteiger partial charge in [-0.15, -0.1) is 15.3 Å². The van der Waals surface area contributed by atoms with E-state index >= 15 is 0 Å². The van der Waals surface area contributed by atoms with E-state index in [9.17, 15) is 0 Å². The maximum absolute atomic E-state index is 5.47. The van der Waals surface area contributed by atoms with Crippen LogP contribution in [0.5, 0.6) is 0 Å². The van der Waals surface area contributed by atoms with Crippen LogP contribution in [-0.2, 0) is 13.1 Å². The second kappa shape index (κ2) is 5.60. The summed E-state index contributed by atoms with van der Waals surface area (Å²) in [6.45, 7) is 3.06. The van der Waals surface area contributed by atoms with Gasteiger partial charge in [0.15, 0.2) is 17.3 Å². The van der Waals surface area contributed by atoms with Gasteiger partial charge in [-0.3, -0.25) is 0 Å². The molecule has 0 aliphatic heterocycles. The molecule has 4 rings (SSSR count). The number of fused-ring (bicyclic) bond motifs is 1. The summed E-state index contributed by atoms with van der Waals surface area (Å²) in [6.07, 6.45) is 3.34. The van der Waals surface area contributed by atoms with Crippen molar-refractivity contribution in [3.63, 3.8) is 0 Å². The Morgan fingerprint density at radius 3 is 2.26 bits per heavy atom. The maximum Gasteiger partial charge on any atom is 0.178 e. The summed E-state index contributed by atoms with van der Waals surface area (Å²) in [5.41, 5.74) is 0.724. The Labute approximate surface area is 132 Å². The Hall–Kier alpha value is -3.09. The van der Waals surface area contributed by atoms with Crippen LogP contribution in [0, 0.1) is 6.92 Å². The van der Waals surface area contributed by atoms with E-state index in [1.165, 1.54) is 0 Å². The Balaban J connectivity index is 1.70. The van der Waals surface area contributed by atoms with Crippen molar-refractivity contribution in [2.45, 2.75) is 20.0 Å². The number of rotatable bonds is 5. The van der Waals surface area contributed by atoms with Gasteiger partial charge in [0, 0.05) is 0 Å². The van der Waals surface area contributed by atoms with Crippen molar-refractivity contribution >= 4 is 11.5 Å². The monoisotopic (exact) mass is 309 g/mol. The summed E-state index contributed by atoms with van der Waals surface area (Å²) in [4.78, 5) is 2.08. The van der Waals surface area contributed by atoms with E-state index in [0.29, 0.717) is 13.1 Å². The van der Waals surface area contributed by atoms with Crippen molar-refractivity contribution in [3.05, 3.63) is 66.3 Å². The van der Waals surface area contributed by atoms with E-state index in [-0.39, 0.29) is 0 Å². The van der Waals surface area contributed by atoms with E-state index in [1.54, 1.807) is 17.0 Å². The maximum atomic E-state index is 5.47. The molecule has 7 heteroatoms. The van der Waals surface area contributed by atoms with E-state index in [1.807, 2.05) is 43.3 Å². The Morgan fingerprint density at radius 2 is 1.65 bits per heavy atom. The van der Waals surface area contributed by atoms with E-state index < -0.39 is 0 Å². The smallest absolute Gasteiger partial charge is 0.178 e. The van der Waals surface area contributed by atoms with Crippen molar-refractivity contribution < 1.29 is 8.83 Å². The first-order chi connectivity index (χ1) is 11.3. The van der Waals surface area contributed by atoms with Crippen LogP contribution in [0.15, 0.2) is 57.8 Å². The molecule has 0 spiro atoms. The molecule has 0 atom stereocenters. The van der Waals surface area contributed by atoms with Gasteiger partial charge in [-0.1, -0.05) is 0 Å². The third kappa shape index (κ3) is 2.68. The third-order valence-corrected chi connectivity index (χ3v) is 3.58. The van der Waals surface area contributed by atoms with Crippen molar-refractivity contribution in [3.8, 4) is 0 Å². The molecule has 0 saturated carbocycles. The van der Waals surface area contributed by atoms with Crippen molar-refractivity contribution in [1.82, 2.24) is 19.8 Å². The third-order valence-electron chi connectivity index (χ3n) is 3.58. The second-order valence-corrected chi connectivity index (χ2v) is 5.22. The van der Waals surface area contributed by atoms with Crippen LogP contribution in [0.1, 0.15) is 17.3 Å². The van der Waals surface area contributed by atoms with Crippen molar-refractivity contribution in [2.24, 2.45) is 0 Å². The summed E-state index contributed by atoms with van der Waals surface area (Å²) in [5.74, 6) is 3.27. The van der Waals surface area contributed by atoms with E-state index in [4.69, 9.17) is 8.83 Å². The lowest BCUT2D eigenvalue weighted by Crippen LogP contribution is -2.23. The van der Waals surface area contributed by atoms with E-state index in [2.05, 4.69) is 20.2 Å². The molecule has 4 aromatic heterocycles. The first kappa shape index (κ1) is 13.6. The average Bonchev–Trinajstić information content (AvgIpc) is 3.30. The molecule has 0 bridgehead atoms. The number of anilines is 1. The zero-order valence-corrected chi connectivity index (χ0v) is 12.6. The largest absolute Gasteiger partial charge is 0.467 e. The average molecular weight is 309 g/mol. The zero-order valence-electron chi connectivity index (χ0n) is 12.6. The van der Waals surface area contributed by atoms with Crippen LogP contribution in [-0.4, -0.2) is 19.8 Å². The fraction of sp³-hybridized carbons (Fsp3) is 0.188. The molecular weight excluding hydrogens is 294 g/mol. The molecule has 4 heterocycles. The number of aromatic nitrogens is 4. The van der Waals surface area contributed by atoms with Crippen LogP contribution in [0.2, 0.25) is 0 Å². The Kier molecular flexibility index (Phi) is 3.30. The van der Waals surface area contributed by atoms with Gasteiger partial charge in [-0.25, -0.2) is 0 Å². The SMILES string of the molecule is Cc1nnc2ccc(N(Cc3ccco3)Cc3ccco3)nn12. The highest BCUT2D eigenvalue weighted by Gasteiger charge is 2.14. The topological polar surface area (TPSA) is 72.6 Å². The summed E-state index contributed by atoms with van der Waals surface area (Å²) < 4.78 is 12.7. The molecule has 0 aliphatic rings. The molecule has 0 radical (unpaired) electrons. The van der Waals surface area contributed by atoms with Gasteiger partial charge in [0.25, 0.3) is 0 Å². The summed E-state index contributed by atoms with van der Waals surface area (Å²) in [6, 6.07) is 11.5. The highest BCUT2D eigenvalue weighted by molar-refractivity contribution is 5.46. The van der Waals surface area contributed by atoms with Gasteiger partial charge in [-0.05, 0) is 43.3 Å². The molecule has 7 nitrogen and oxygen atoms in total. The highest BCUT2D eigenvalue weighted by Crippen LogP contribution is 2.19. The second-order valence-electron chi connectivity index (χ2n) is 5.22. The molecule has 0 fully saturated rings. The molecule has 0 aromatic carbocycles. The predicted molar refractivity (Wildman–Crippen MR) is 82.8 cm³/mol. The van der Waals surface area contributed by atoms with Crippen LogP contribution in [0.3, 0.4) is 0 Å². The number of furan rings is 2.